The third-order valence-corrected chi connectivity index (χ3v) is 4.59. The van der Waals surface area contributed by atoms with Crippen LogP contribution in [0.1, 0.15) is 18.9 Å². The zero-order valence-electron chi connectivity index (χ0n) is 13.6. The number of hydrogen-bond acceptors (Lipinski definition) is 2. The molecule has 120 valence electrons. The van der Waals surface area contributed by atoms with Crippen LogP contribution in [0.2, 0.25) is 0 Å². The number of anilines is 1. The topological polar surface area (TPSA) is 49.0 Å². The molecule has 0 atom stereocenters. The van der Waals surface area contributed by atoms with Crippen molar-refractivity contribution in [2.24, 2.45) is 0 Å². The average molecular weight is 317 g/mol. The summed E-state index contributed by atoms with van der Waals surface area (Å²) in [5, 5.41) is 7.03. The van der Waals surface area contributed by atoms with Gasteiger partial charge < -0.3 is 4.90 Å². The van der Waals surface area contributed by atoms with Gasteiger partial charge in [0.2, 0.25) is 5.91 Å². The van der Waals surface area contributed by atoms with Crippen molar-refractivity contribution in [2.75, 3.05) is 11.4 Å². The van der Waals surface area contributed by atoms with E-state index in [0.29, 0.717) is 0 Å². The third kappa shape index (κ3) is 2.60. The Hall–Kier alpha value is -2.88. The van der Waals surface area contributed by atoms with E-state index in [9.17, 15) is 4.79 Å². The summed E-state index contributed by atoms with van der Waals surface area (Å²) in [5.41, 5.74) is 6.79. The summed E-state index contributed by atoms with van der Waals surface area (Å²) in [7, 11) is 0. The smallest absolute Gasteiger partial charge is 0.223 e. The lowest BCUT2D eigenvalue weighted by atomic mass is 9.95. The Balaban J connectivity index is 1.73. The summed E-state index contributed by atoms with van der Waals surface area (Å²) >= 11 is 0. The average Bonchev–Trinajstić information content (AvgIpc) is 3.15. The van der Waals surface area contributed by atoms with Crippen LogP contribution in [-0.4, -0.2) is 22.6 Å². The zero-order valence-corrected chi connectivity index (χ0v) is 13.6. The molecule has 0 saturated carbocycles. The highest BCUT2D eigenvalue weighted by molar-refractivity contribution is 5.93. The van der Waals surface area contributed by atoms with E-state index in [0.717, 1.165) is 36.3 Å². The molecule has 2 heterocycles. The first-order valence-electron chi connectivity index (χ1n) is 8.23. The van der Waals surface area contributed by atoms with Crippen molar-refractivity contribution in [3.05, 3.63) is 60.3 Å². The monoisotopic (exact) mass is 317 g/mol. The van der Waals surface area contributed by atoms with Crippen LogP contribution in [0, 0.1) is 0 Å². The van der Waals surface area contributed by atoms with Gasteiger partial charge in [-0.05, 0) is 53.8 Å². The van der Waals surface area contributed by atoms with Gasteiger partial charge in [-0.1, -0.05) is 24.3 Å². The maximum Gasteiger partial charge on any atom is 0.223 e. The normalized spacial score (nSPS) is 13.6. The fourth-order valence-electron chi connectivity index (χ4n) is 3.39. The first kappa shape index (κ1) is 14.7. The first-order valence-corrected chi connectivity index (χ1v) is 8.23. The van der Waals surface area contributed by atoms with E-state index in [1.807, 2.05) is 11.0 Å². The van der Waals surface area contributed by atoms with E-state index in [2.05, 4.69) is 52.7 Å². The molecule has 2 aromatic carbocycles. The number of nitrogens with one attached hydrogen (secondary N) is 1. The molecular weight excluding hydrogens is 298 g/mol. The Morgan fingerprint density at radius 1 is 1.08 bits per heavy atom. The minimum Gasteiger partial charge on any atom is -0.312 e. The standard InChI is InChI=1S/C20H19N3O/c1-14(24)23-11-3-6-18-13-16(7-8-20(18)23)15-4-2-5-17(12-15)19-9-10-21-22-19/h2,4-5,7-10,12-13H,3,6,11H2,1H3,(H,21,22). The molecule has 24 heavy (non-hydrogen) atoms. The molecule has 1 aliphatic rings. The van der Waals surface area contributed by atoms with Crippen molar-refractivity contribution in [1.82, 2.24) is 10.2 Å². The Morgan fingerprint density at radius 3 is 2.71 bits per heavy atom. The molecular formula is C20H19N3O. The van der Waals surface area contributed by atoms with E-state index in [1.165, 1.54) is 16.7 Å². The van der Waals surface area contributed by atoms with E-state index in [1.54, 1.807) is 13.1 Å². The molecule has 0 radical (unpaired) electrons. The van der Waals surface area contributed by atoms with Gasteiger partial charge in [0, 0.05) is 30.9 Å². The lowest BCUT2D eigenvalue weighted by molar-refractivity contribution is -0.116. The molecule has 0 aliphatic carbocycles. The Kier molecular flexibility index (Phi) is 3.65. The van der Waals surface area contributed by atoms with Gasteiger partial charge in [0.15, 0.2) is 0 Å². The Labute approximate surface area is 141 Å². The summed E-state index contributed by atoms with van der Waals surface area (Å²) in [6, 6.07) is 16.8. The molecule has 0 unspecified atom stereocenters. The highest BCUT2D eigenvalue weighted by Gasteiger charge is 2.20. The predicted octanol–water partition coefficient (Wildman–Crippen LogP) is 4.04. The van der Waals surface area contributed by atoms with Crippen LogP contribution in [0.15, 0.2) is 54.7 Å². The van der Waals surface area contributed by atoms with Crippen LogP contribution < -0.4 is 4.90 Å². The highest BCUT2D eigenvalue weighted by atomic mass is 16.2. The molecule has 1 N–H and O–H groups in total. The molecule has 4 nitrogen and oxygen atoms in total. The number of hydrogen-bond donors (Lipinski definition) is 1. The SMILES string of the molecule is CC(=O)N1CCCc2cc(-c3cccc(-c4ccn[nH]4)c3)ccc21. The highest BCUT2D eigenvalue weighted by Crippen LogP contribution is 2.33. The lowest BCUT2D eigenvalue weighted by Crippen LogP contribution is -2.33. The summed E-state index contributed by atoms with van der Waals surface area (Å²) in [6.45, 7) is 2.45. The second-order valence-corrected chi connectivity index (χ2v) is 6.17. The molecule has 0 fully saturated rings. The minimum absolute atomic E-state index is 0.116. The first-order chi connectivity index (χ1) is 11.7. The molecule has 4 heteroatoms. The number of aromatic nitrogens is 2. The van der Waals surface area contributed by atoms with Crippen molar-refractivity contribution in [1.29, 1.82) is 0 Å². The van der Waals surface area contributed by atoms with Gasteiger partial charge in [-0.15, -0.1) is 0 Å². The maximum absolute atomic E-state index is 11.8. The minimum atomic E-state index is 0.116. The van der Waals surface area contributed by atoms with Crippen molar-refractivity contribution in [3.63, 3.8) is 0 Å². The third-order valence-electron chi connectivity index (χ3n) is 4.59. The van der Waals surface area contributed by atoms with Gasteiger partial charge in [0.05, 0.1) is 5.69 Å². The fourth-order valence-corrected chi connectivity index (χ4v) is 3.39. The number of amides is 1. The molecule has 0 saturated heterocycles. The van der Waals surface area contributed by atoms with Crippen molar-refractivity contribution in [3.8, 4) is 22.4 Å². The predicted molar refractivity (Wildman–Crippen MR) is 95.8 cm³/mol. The van der Waals surface area contributed by atoms with Crippen LogP contribution >= 0.6 is 0 Å². The van der Waals surface area contributed by atoms with Gasteiger partial charge in [-0.2, -0.15) is 5.10 Å². The van der Waals surface area contributed by atoms with E-state index < -0.39 is 0 Å². The number of benzene rings is 2. The van der Waals surface area contributed by atoms with Crippen LogP contribution in [0.3, 0.4) is 0 Å². The number of nitrogens with zero attached hydrogens (tertiary/aromatic N) is 2. The number of H-pyrrole nitrogens is 1. The second-order valence-electron chi connectivity index (χ2n) is 6.17. The largest absolute Gasteiger partial charge is 0.312 e. The molecule has 3 aromatic rings. The summed E-state index contributed by atoms with van der Waals surface area (Å²) in [5.74, 6) is 0.116. The van der Waals surface area contributed by atoms with Crippen molar-refractivity contribution >= 4 is 11.6 Å². The number of aromatic amines is 1. The van der Waals surface area contributed by atoms with Crippen LogP contribution in [0.4, 0.5) is 5.69 Å². The van der Waals surface area contributed by atoms with Gasteiger partial charge >= 0.3 is 0 Å². The van der Waals surface area contributed by atoms with E-state index >= 15 is 0 Å². The van der Waals surface area contributed by atoms with Gasteiger partial charge in [0.25, 0.3) is 0 Å². The second kappa shape index (κ2) is 5.96. The van der Waals surface area contributed by atoms with Gasteiger partial charge in [-0.25, -0.2) is 0 Å². The van der Waals surface area contributed by atoms with Gasteiger partial charge in [-0.3, -0.25) is 9.89 Å². The lowest BCUT2D eigenvalue weighted by Gasteiger charge is -2.29. The quantitative estimate of drug-likeness (QED) is 0.775. The van der Waals surface area contributed by atoms with E-state index in [4.69, 9.17) is 0 Å². The zero-order chi connectivity index (χ0) is 16.5. The Morgan fingerprint density at radius 2 is 1.92 bits per heavy atom. The molecule has 0 bridgehead atoms. The van der Waals surface area contributed by atoms with E-state index in [-0.39, 0.29) is 5.91 Å². The molecule has 1 aromatic heterocycles. The molecule has 4 rings (SSSR count). The molecule has 0 spiro atoms. The fraction of sp³-hybridized carbons (Fsp3) is 0.200. The number of aryl methyl sites for hydroxylation is 1. The van der Waals surface area contributed by atoms with Crippen LogP contribution in [0.5, 0.6) is 0 Å². The maximum atomic E-state index is 11.8. The number of rotatable bonds is 2. The number of carbonyl (C=O) groups excluding carboxylic acids is 1. The Bertz CT molecular complexity index is 884. The van der Waals surface area contributed by atoms with Crippen LogP contribution in [-0.2, 0) is 11.2 Å². The summed E-state index contributed by atoms with van der Waals surface area (Å²) in [6.07, 6.45) is 3.80. The van der Waals surface area contributed by atoms with Gasteiger partial charge in [0.1, 0.15) is 0 Å². The molecule has 1 amide bonds. The summed E-state index contributed by atoms with van der Waals surface area (Å²) < 4.78 is 0. The molecule has 1 aliphatic heterocycles. The van der Waals surface area contributed by atoms with Crippen LogP contribution in [0.25, 0.3) is 22.4 Å². The van der Waals surface area contributed by atoms with Crippen molar-refractivity contribution < 1.29 is 4.79 Å². The number of carbonyl (C=O) groups is 1. The number of fused-ring (bicyclic) bond motifs is 1. The van der Waals surface area contributed by atoms with Crippen molar-refractivity contribution in [2.45, 2.75) is 19.8 Å². The summed E-state index contributed by atoms with van der Waals surface area (Å²) in [4.78, 5) is 13.7.